The number of fused-ring (bicyclic) bond motifs is 1. The molecule has 26 heavy (non-hydrogen) atoms. The van der Waals surface area contributed by atoms with Gasteiger partial charge in [-0.3, -0.25) is 4.90 Å². The quantitative estimate of drug-likeness (QED) is 0.510. The molecule has 0 radical (unpaired) electrons. The van der Waals surface area contributed by atoms with Crippen molar-refractivity contribution in [3.63, 3.8) is 0 Å². The summed E-state index contributed by atoms with van der Waals surface area (Å²) < 4.78 is 5.81. The lowest BCUT2D eigenvalue weighted by atomic mass is 10.1. The zero-order chi connectivity index (χ0) is 18.3. The largest absolute Gasteiger partial charge is 0.394 e. The van der Waals surface area contributed by atoms with Crippen LogP contribution in [0, 0.1) is 0 Å². The molecule has 4 atom stereocenters. The molecule has 0 spiro atoms. The molecular formula is C18H23N5O3. The minimum Gasteiger partial charge on any atom is -0.394 e. The van der Waals surface area contributed by atoms with E-state index in [0.717, 1.165) is 22.5 Å². The second-order valence-corrected chi connectivity index (χ2v) is 6.74. The Morgan fingerprint density at radius 3 is 2.69 bits per heavy atom. The first kappa shape index (κ1) is 17.0. The minimum atomic E-state index is -0.355. The maximum absolute atomic E-state index is 12.5. The molecule has 0 saturated carbocycles. The smallest absolute Gasteiger partial charge is 0.327 e. The average Bonchev–Trinajstić information content (AvgIpc) is 3.23. The van der Waals surface area contributed by atoms with E-state index in [-0.39, 0.29) is 37.1 Å². The summed E-state index contributed by atoms with van der Waals surface area (Å²) in [5, 5.41) is 15.5. The number of benzene rings is 1. The molecule has 7 N–H and O–H groups in total. The van der Waals surface area contributed by atoms with Crippen LogP contribution in [0.3, 0.4) is 0 Å². The maximum atomic E-state index is 12.5. The SMILES string of the molecule is NCc1ccc(N2C=C3C=C(C4C[C@@H](N)[C@@H](CO)O4)NC3NC2=O)cc1. The molecule has 1 fully saturated rings. The van der Waals surface area contributed by atoms with Crippen LogP contribution in [0.25, 0.3) is 0 Å². The molecule has 0 aromatic heterocycles. The Morgan fingerprint density at radius 2 is 2.04 bits per heavy atom. The van der Waals surface area contributed by atoms with E-state index < -0.39 is 0 Å². The van der Waals surface area contributed by atoms with E-state index in [2.05, 4.69) is 10.6 Å². The van der Waals surface area contributed by atoms with Crippen molar-refractivity contribution in [2.24, 2.45) is 11.5 Å². The molecule has 8 nitrogen and oxygen atoms in total. The Labute approximate surface area is 151 Å². The van der Waals surface area contributed by atoms with Gasteiger partial charge in [0.1, 0.15) is 6.17 Å². The molecule has 4 rings (SSSR count). The lowest BCUT2D eigenvalue weighted by Crippen LogP contribution is -2.52. The van der Waals surface area contributed by atoms with Crippen molar-refractivity contribution in [3.8, 4) is 0 Å². The normalized spacial score (nSPS) is 30.4. The third-order valence-corrected chi connectivity index (χ3v) is 5.01. The molecule has 1 aromatic rings. The van der Waals surface area contributed by atoms with Crippen LogP contribution in [-0.4, -0.2) is 42.2 Å². The highest BCUT2D eigenvalue weighted by atomic mass is 16.5. The van der Waals surface area contributed by atoms with E-state index in [9.17, 15) is 9.90 Å². The molecular weight excluding hydrogens is 334 g/mol. The Hall–Kier alpha value is -2.39. The first-order valence-corrected chi connectivity index (χ1v) is 8.69. The van der Waals surface area contributed by atoms with Gasteiger partial charge in [0.25, 0.3) is 0 Å². The summed E-state index contributed by atoms with van der Waals surface area (Å²) in [7, 11) is 0. The van der Waals surface area contributed by atoms with Crippen molar-refractivity contribution in [2.45, 2.75) is 37.4 Å². The Morgan fingerprint density at radius 1 is 1.27 bits per heavy atom. The number of nitrogens with one attached hydrogen (secondary N) is 2. The fraction of sp³-hybridized carbons (Fsp3) is 0.389. The molecule has 1 aromatic carbocycles. The summed E-state index contributed by atoms with van der Waals surface area (Å²) >= 11 is 0. The topological polar surface area (TPSA) is 126 Å². The van der Waals surface area contributed by atoms with Crippen LogP contribution in [-0.2, 0) is 11.3 Å². The third-order valence-electron chi connectivity index (χ3n) is 5.01. The molecule has 2 unspecified atom stereocenters. The molecule has 1 saturated heterocycles. The van der Waals surface area contributed by atoms with Crippen molar-refractivity contribution in [3.05, 3.63) is 53.4 Å². The number of anilines is 1. The average molecular weight is 357 g/mol. The van der Waals surface area contributed by atoms with Gasteiger partial charge in [0.15, 0.2) is 0 Å². The summed E-state index contributed by atoms with van der Waals surface area (Å²) in [6.45, 7) is 0.365. The summed E-state index contributed by atoms with van der Waals surface area (Å²) in [4.78, 5) is 14.0. The molecule has 3 aliphatic heterocycles. The molecule has 2 amide bonds. The number of rotatable bonds is 4. The fourth-order valence-electron chi connectivity index (χ4n) is 3.50. The number of urea groups is 1. The van der Waals surface area contributed by atoms with E-state index in [1.54, 1.807) is 4.90 Å². The van der Waals surface area contributed by atoms with Crippen LogP contribution in [0.2, 0.25) is 0 Å². The number of aliphatic hydroxyl groups excluding tert-OH is 1. The number of hydrogen-bond acceptors (Lipinski definition) is 6. The van der Waals surface area contributed by atoms with Gasteiger partial charge in [-0.2, -0.15) is 0 Å². The molecule has 3 aliphatic rings. The predicted molar refractivity (Wildman–Crippen MR) is 96.8 cm³/mol. The predicted octanol–water partition coefficient (Wildman–Crippen LogP) is -0.151. The van der Waals surface area contributed by atoms with E-state index in [0.29, 0.717) is 13.0 Å². The van der Waals surface area contributed by atoms with Crippen LogP contribution in [0.1, 0.15) is 12.0 Å². The Kier molecular flexibility index (Phi) is 4.41. The van der Waals surface area contributed by atoms with Crippen molar-refractivity contribution in [1.82, 2.24) is 10.6 Å². The van der Waals surface area contributed by atoms with Crippen LogP contribution in [0.4, 0.5) is 10.5 Å². The lowest BCUT2D eigenvalue weighted by molar-refractivity contribution is 0.0199. The number of carbonyl (C=O) groups excluding carboxylic acids is 1. The van der Waals surface area contributed by atoms with Gasteiger partial charge < -0.3 is 31.9 Å². The van der Waals surface area contributed by atoms with E-state index >= 15 is 0 Å². The molecule has 8 heteroatoms. The van der Waals surface area contributed by atoms with Gasteiger partial charge in [-0.25, -0.2) is 4.79 Å². The number of nitrogens with two attached hydrogens (primary N) is 2. The van der Waals surface area contributed by atoms with Gasteiger partial charge in [0, 0.05) is 30.1 Å². The summed E-state index contributed by atoms with van der Waals surface area (Å²) in [5.74, 6) is 0. The van der Waals surface area contributed by atoms with Gasteiger partial charge in [-0.05, 0) is 30.2 Å². The monoisotopic (exact) mass is 357 g/mol. The fourth-order valence-corrected chi connectivity index (χ4v) is 3.50. The van der Waals surface area contributed by atoms with Gasteiger partial charge in [-0.1, -0.05) is 12.1 Å². The van der Waals surface area contributed by atoms with Crippen LogP contribution in [0.15, 0.2) is 47.8 Å². The van der Waals surface area contributed by atoms with Crippen LogP contribution >= 0.6 is 0 Å². The van der Waals surface area contributed by atoms with Gasteiger partial charge in [-0.15, -0.1) is 0 Å². The maximum Gasteiger partial charge on any atom is 0.327 e. The number of ether oxygens (including phenoxy) is 1. The zero-order valence-electron chi connectivity index (χ0n) is 14.3. The van der Waals surface area contributed by atoms with E-state index in [1.807, 2.05) is 36.5 Å². The first-order chi connectivity index (χ1) is 12.6. The summed E-state index contributed by atoms with van der Waals surface area (Å²) in [5.41, 5.74) is 15.2. The van der Waals surface area contributed by atoms with Crippen molar-refractivity contribution >= 4 is 11.7 Å². The van der Waals surface area contributed by atoms with Gasteiger partial charge in [0.2, 0.25) is 0 Å². The second-order valence-electron chi connectivity index (χ2n) is 6.74. The number of amides is 2. The number of aliphatic hydroxyl groups is 1. The highest BCUT2D eigenvalue weighted by molar-refractivity contribution is 5.96. The van der Waals surface area contributed by atoms with Crippen molar-refractivity contribution in [1.29, 1.82) is 0 Å². The van der Waals surface area contributed by atoms with Crippen molar-refractivity contribution < 1.29 is 14.6 Å². The van der Waals surface area contributed by atoms with Crippen LogP contribution < -0.4 is 27.0 Å². The van der Waals surface area contributed by atoms with Crippen LogP contribution in [0.5, 0.6) is 0 Å². The molecule has 0 bridgehead atoms. The van der Waals surface area contributed by atoms with Crippen molar-refractivity contribution in [2.75, 3.05) is 11.5 Å². The second kappa shape index (κ2) is 6.73. The molecule has 138 valence electrons. The standard InChI is InChI=1S/C18H23N5O3/c19-7-10-1-3-12(4-2-10)23-8-11-5-14(21-17(11)22-18(23)25)15-6-13(20)16(9-24)26-15/h1-5,8,13,15-17,21,24H,6-7,9,19-20H2,(H,22,25)/t13-,15?,16-,17?/m1/s1. The summed E-state index contributed by atoms with van der Waals surface area (Å²) in [6, 6.07) is 7.15. The molecule has 3 heterocycles. The molecule has 0 aliphatic carbocycles. The Balaban J connectivity index is 1.55. The first-order valence-electron chi connectivity index (χ1n) is 8.69. The van der Waals surface area contributed by atoms with E-state index in [1.165, 1.54) is 0 Å². The number of carbonyl (C=O) groups is 1. The zero-order valence-corrected chi connectivity index (χ0v) is 14.3. The van der Waals surface area contributed by atoms with Gasteiger partial charge in [0.05, 0.1) is 24.5 Å². The Bertz CT molecular complexity index is 761. The number of nitrogens with zero attached hydrogens (tertiary/aromatic N) is 1. The van der Waals surface area contributed by atoms with E-state index in [4.69, 9.17) is 16.2 Å². The lowest BCUT2D eigenvalue weighted by Gasteiger charge is -2.29. The number of hydrogen-bond donors (Lipinski definition) is 5. The highest BCUT2D eigenvalue weighted by Gasteiger charge is 2.39. The van der Waals surface area contributed by atoms with Gasteiger partial charge >= 0.3 is 6.03 Å². The highest BCUT2D eigenvalue weighted by Crippen LogP contribution is 2.30. The minimum absolute atomic E-state index is 0.0968. The third kappa shape index (κ3) is 2.97. The summed E-state index contributed by atoms with van der Waals surface area (Å²) in [6.07, 6.45) is 3.57.